The van der Waals surface area contributed by atoms with E-state index in [1.807, 2.05) is 22.6 Å². The van der Waals surface area contributed by atoms with Gasteiger partial charge in [-0.3, -0.25) is 0 Å². The average molecular weight is 320 g/mol. The Hall–Kier alpha value is -1.18. The minimum Gasteiger partial charge on any atom is -0.545 e. The molecule has 0 N–H and O–H groups in total. The molecule has 0 saturated heterocycles. The Labute approximate surface area is 101 Å². The van der Waals surface area contributed by atoms with E-state index >= 15 is 0 Å². The van der Waals surface area contributed by atoms with Gasteiger partial charge in [-0.25, -0.2) is 0 Å². The number of hydrogen-bond donors (Lipinski definition) is 0. The molecule has 0 bridgehead atoms. The van der Waals surface area contributed by atoms with Crippen LogP contribution in [0.3, 0.4) is 0 Å². The number of aromatic nitrogens is 1. The van der Waals surface area contributed by atoms with Crippen molar-refractivity contribution < 1.29 is 19.5 Å². The van der Waals surface area contributed by atoms with Crippen molar-refractivity contribution in [3.8, 4) is 0 Å². The van der Waals surface area contributed by atoms with Crippen molar-refractivity contribution in [1.82, 2.24) is 4.98 Å². The summed E-state index contributed by atoms with van der Waals surface area (Å²) in [6.45, 7) is 1.79. The van der Waals surface area contributed by atoms with Gasteiger partial charge >= 0.3 is 5.82 Å². The normalized spacial score (nSPS) is 11.3. The number of hydrogen-bond acceptors (Lipinski definition) is 4. The number of rotatable bonds is 3. The van der Waals surface area contributed by atoms with Crippen LogP contribution in [0.15, 0.2) is 12.3 Å². The highest BCUT2D eigenvalue weighted by Gasteiger charge is 2.16. The molecule has 0 atom stereocenters. The molecule has 0 unspecified atom stereocenters. The molecule has 0 aliphatic rings. The maximum atomic E-state index is 10.6. The molecule has 1 aromatic heterocycles. The van der Waals surface area contributed by atoms with E-state index in [2.05, 4.69) is 4.98 Å². The summed E-state index contributed by atoms with van der Waals surface area (Å²) in [6.07, 6.45) is 2.92. The highest BCUT2D eigenvalue weighted by molar-refractivity contribution is 14.1. The van der Waals surface area contributed by atoms with E-state index in [9.17, 15) is 9.90 Å². The van der Waals surface area contributed by atoms with Gasteiger partial charge in [0.25, 0.3) is 0 Å². The quantitative estimate of drug-likeness (QED) is 0.349. The molecular formula is C9H9IN2O3. The zero-order valence-corrected chi connectivity index (χ0v) is 10.4. The first kappa shape index (κ1) is 11.9. The molecule has 0 aliphatic heterocycles. The van der Waals surface area contributed by atoms with Crippen molar-refractivity contribution in [3.05, 3.63) is 21.4 Å². The fourth-order valence-corrected chi connectivity index (χ4v) is 1.73. The van der Waals surface area contributed by atoms with Crippen molar-refractivity contribution in [3.63, 3.8) is 0 Å². The fourth-order valence-electron chi connectivity index (χ4n) is 1.02. The molecule has 0 aliphatic carbocycles. The third kappa shape index (κ3) is 2.65. The van der Waals surface area contributed by atoms with Crippen molar-refractivity contribution in [1.29, 1.82) is 0 Å². The summed E-state index contributed by atoms with van der Waals surface area (Å²) < 4.78 is 2.12. The Morgan fingerprint density at radius 1 is 1.73 bits per heavy atom. The highest BCUT2D eigenvalue weighted by atomic mass is 127. The summed E-state index contributed by atoms with van der Waals surface area (Å²) in [5, 5.41) is 10.6. The van der Waals surface area contributed by atoms with E-state index in [-0.39, 0.29) is 5.56 Å². The second kappa shape index (κ2) is 5.06. The molecule has 15 heavy (non-hydrogen) atoms. The number of carbonyl (C=O) groups excluding carboxylic acids is 1. The van der Waals surface area contributed by atoms with E-state index in [0.717, 1.165) is 0 Å². The predicted octanol–water partition coefficient (Wildman–Crippen LogP) is 0.346. The van der Waals surface area contributed by atoms with Gasteiger partial charge in [-0.1, -0.05) is 0 Å². The van der Waals surface area contributed by atoms with Crippen molar-refractivity contribution in [2.75, 3.05) is 7.11 Å². The van der Waals surface area contributed by atoms with Crippen molar-refractivity contribution in [2.45, 2.75) is 6.92 Å². The predicted molar refractivity (Wildman–Crippen MR) is 60.0 cm³/mol. The lowest BCUT2D eigenvalue weighted by atomic mass is 10.3. The minimum atomic E-state index is -1.24. The maximum absolute atomic E-state index is 10.6. The Balaban J connectivity index is 3.19. The maximum Gasteiger partial charge on any atom is 0.374 e. The molecule has 0 amide bonds. The molecule has 6 heteroatoms. The van der Waals surface area contributed by atoms with Crippen LogP contribution in [0.25, 0.3) is 0 Å². The molecule has 0 aromatic carbocycles. The first-order valence-electron chi connectivity index (χ1n) is 4.10. The van der Waals surface area contributed by atoms with Gasteiger partial charge in [0, 0.05) is 5.56 Å². The van der Waals surface area contributed by atoms with Gasteiger partial charge in [0.05, 0.1) is 5.97 Å². The van der Waals surface area contributed by atoms with E-state index in [0.29, 0.717) is 9.39 Å². The summed E-state index contributed by atoms with van der Waals surface area (Å²) in [6, 6.07) is 1.48. The van der Waals surface area contributed by atoms with Crippen LogP contribution in [-0.4, -0.2) is 29.0 Å². The minimum absolute atomic E-state index is 0.0512. The molecule has 0 spiro atoms. The second-order valence-corrected chi connectivity index (χ2v) is 3.75. The summed E-state index contributed by atoms with van der Waals surface area (Å²) >= 11 is 1.99. The van der Waals surface area contributed by atoms with Crippen LogP contribution < -0.4 is 5.11 Å². The van der Waals surface area contributed by atoms with E-state index in [1.165, 1.54) is 24.1 Å². The zero-order valence-electron chi connectivity index (χ0n) is 8.23. The molecular weight excluding hydrogens is 311 g/mol. The lowest BCUT2D eigenvalue weighted by molar-refractivity contribution is -0.720. The van der Waals surface area contributed by atoms with Crippen molar-refractivity contribution in [2.24, 2.45) is 0 Å². The molecule has 5 nitrogen and oxygen atoms in total. The van der Waals surface area contributed by atoms with Crippen LogP contribution >= 0.6 is 22.6 Å². The molecule has 0 saturated carbocycles. The molecule has 0 fully saturated rings. The van der Waals surface area contributed by atoms with Gasteiger partial charge in [-0.05, 0) is 45.3 Å². The Morgan fingerprint density at radius 2 is 2.40 bits per heavy atom. The molecule has 1 rings (SSSR count). The Bertz CT molecular complexity index is 418. The number of halogens is 1. The zero-order chi connectivity index (χ0) is 11.4. The molecule has 1 heterocycles. The van der Waals surface area contributed by atoms with E-state index < -0.39 is 5.97 Å². The summed E-state index contributed by atoms with van der Waals surface area (Å²) in [4.78, 5) is 19.6. The average Bonchev–Trinajstić information content (AvgIpc) is 2.21. The Kier molecular flexibility index (Phi) is 4.01. The molecule has 1 aromatic rings. The summed E-state index contributed by atoms with van der Waals surface area (Å²) in [5.74, 6) is -0.693. The van der Waals surface area contributed by atoms with E-state index in [4.69, 9.17) is 4.84 Å². The third-order valence-electron chi connectivity index (χ3n) is 1.70. The summed E-state index contributed by atoms with van der Waals surface area (Å²) in [7, 11) is 1.50. The lowest BCUT2D eigenvalue weighted by Gasteiger charge is -2.03. The number of aromatic carboxylic acids is 1. The molecule has 0 radical (unpaired) electrons. The van der Waals surface area contributed by atoms with Crippen LogP contribution in [0.5, 0.6) is 0 Å². The number of carbonyl (C=O) groups is 1. The number of nitrogens with zero attached hydrogens (tertiary/aromatic N) is 2. The lowest BCUT2D eigenvalue weighted by Crippen LogP contribution is -2.22. The number of carboxylic acids is 1. The number of carboxylic acid groups (broad SMARTS) is 1. The molecule has 80 valence electrons. The van der Waals surface area contributed by atoms with Gasteiger partial charge in [-0.2, -0.15) is 0 Å². The summed E-state index contributed by atoms with van der Waals surface area (Å²) in [5.41, 5.74) is 0.0512. The smallest absolute Gasteiger partial charge is 0.374 e. The van der Waals surface area contributed by atoms with Crippen LogP contribution in [-0.2, 0) is 4.84 Å². The largest absolute Gasteiger partial charge is 0.545 e. The second-order valence-electron chi connectivity index (χ2n) is 2.58. The van der Waals surface area contributed by atoms with Crippen LogP contribution in [0.1, 0.15) is 17.3 Å². The van der Waals surface area contributed by atoms with E-state index in [1.54, 1.807) is 13.1 Å². The van der Waals surface area contributed by atoms with Gasteiger partial charge in [0.15, 0.2) is 0 Å². The van der Waals surface area contributed by atoms with Gasteiger partial charge < -0.3 is 14.7 Å². The highest BCUT2D eigenvalue weighted by Crippen LogP contribution is 2.18. The standard InChI is InChI=1S/C9H9IN2O3/c1-3-12(15-2)8-7(10)4-6(5-11-8)9(13)14/h3-5H,1-2H3. The number of pyridine rings is 1. The van der Waals surface area contributed by atoms with Gasteiger partial charge in [0.1, 0.15) is 23.1 Å². The SMILES string of the molecule is CC=[N+](OC)c1ncc(C(=O)[O-])cc1I. The van der Waals surface area contributed by atoms with Gasteiger partial charge in [0.2, 0.25) is 0 Å². The Morgan fingerprint density at radius 3 is 2.80 bits per heavy atom. The first-order valence-corrected chi connectivity index (χ1v) is 5.17. The third-order valence-corrected chi connectivity index (χ3v) is 2.49. The van der Waals surface area contributed by atoms with Crippen molar-refractivity contribution >= 4 is 40.6 Å². The van der Waals surface area contributed by atoms with Crippen LogP contribution in [0.4, 0.5) is 5.82 Å². The van der Waals surface area contributed by atoms with Crippen LogP contribution in [0.2, 0.25) is 0 Å². The first-order chi connectivity index (χ1) is 7.10. The van der Waals surface area contributed by atoms with Gasteiger partial charge in [-0.15, -0.1) is 0 Å². The van der Waals surface area contributed by atoms with Crippen LogP contribution in [0, 0.1) is 3.57 Å². The fraction of sp³-hybridized carbons (Fsp3) is 0.222. The topological polar surface area (TPSA) is 65.3 Å². The monoisotopic (exact) mass is 320 g/mol.